The van der Waals surface area contributed by atoms with Crippen LogP contribution >= 0.6 is 31.9 Å². The molecule has 6 rings (SSSR count). The van der Waals surface area contributed by atoms with Crippen LogP contribution in [0.2, 0.25) is 0 Å². The number of benzene rings is 3. The zero-order valence-corrected chi connectivity index (χ0v) is 17.6. The lowest BCUT2D eigenvalue weighted by atomic mass is 10.1. The molecule has 3 aromatic carbocycles. The number of hydrogen-bond donors (Lipinski definition) is 0. The van der Waals surface area contributed by atoms with Crippen molar-refractivity contribution in [1.29, 1.82) is 0 Å². The maximum absolute atomic E-state index is 13.1. The van der Waals surface area contributed by atoms with Gasteiger partial charge in [0.2, 0.25) is 0 Å². The summed E-state index contributed by atoms with van der Waals surface area (Å²) in [5.74, 6) is 0. The van der Waals surface area contributed by atoms with Gasteiger partial charge in [-0.1, -0.05) is 31.9 Å². The van der Waals surface area contributed by atoms with Gasteiger partial charge in [-0.2, -0.15) is 4.52 Å². The van der Waals surface area contributed by atoms with E-state index in [0.717, 1.165) is 36.4 Å². The Morgan fingerprint density at radius 3 is 2.29 bits per heavy atom. The first kappa shape index (κ1) is 16.3. The van der Waals surface area contributed by atoms with Crippen LogP contribution in [-0.2, 0) is 0 Å². The molecule has 3 aromatic heterocycles. The normalized spacial score (nSPS) is 12.4. The van der Waals surface area contributed by atoms with E-state index in [9.17, 15) is 9.59 Å². The molecule has 7 heteroatoms. The molecule has 0 bridgehead atoms. The number of rotatable bonds is 0. The molecule has 0 amide bonds. The van der Waals surface area contributed by atoms with Crippen molar-refractivity contribution >= 4 is 75.6 Å². The Morgan fingerprint density at radius 1 is 0.750 bits per heavy atom. The summed E-state index contributed by atoms with van der Waals surface area (Å²) in [6.45, 7) is 1.93. The Labute approximate surface area is 173 Å². The van der Waals surface area contributed by atoms with E-state index in [4.69, 9.17) is 4.42 Å². The van der Waals surface area contributed by atoms with Crippen molar-refractivity contribution in [2.75, 3.05) is 0 Å². The third-order valence-corrected chi connectivity index (χ3v) is 6.26. The van der Waals surface area contributed by atoms with Gasteiger partial charge in [-0.15, -0.1) is 0 Å². The molecule has 0 fully saturated rings. The number of hydrogen-bond acceptors (Lipinski definition) is 3. The van der Waals surface area contributed by atoms with Gasteiger partial charge >= 0.3 is 0 Å². The van der Waals surface area contributed by atoms with Crippen molar-refractivity contribution < 1.29 is 4.42 Å². The second-order valence-corrected chi connectivity index (χ2v) is 8.77. The van der Waals surface area contributed by atoms with Gasteiger partial charge in [0.15, 0.2) is 5.58 Å². The fraction of sp³-hybridized carbons (Fsp3) is 0.0476. The Bertz CT molecular complexity index is 1740. The number of nitrogens with zero attached hydrogens (tertiary/aromatic N) is 2. The second kappa shape index (κ2) is 5.24. The summed E-state index contributed by atoms with van der Waals surface area (Å²) in [6, 6.07) is 13.2. The van der Waals surface area contributed by atoms with Crippen molar-refractivity contribution in [3.8, 4) is 0 Å². The molecule has 6 aromatic rings. The number of aromatic nitrogens is 2. The third-order valence-electron chi connectivity index (χ3n) is 5.31. The first-order chi connectivity index (χ1) is 13.5. The van der Waals surface area contributed by atoms with Gasteiger partial charge in [-0.25, -0.2) is 4.52 Å². The first-order valence-corrected chi connectivity index (χ1v) is 10.2. The molecule has 0 atom stereocenters. The molecule has 0 saturated carbocycles. The molecule has 0 aliphatic rings. The van der Waals surface area contributed by atoms with E-state index in [1.54, 1.807) is 16.6 Å². The van der Waals surface area contributed by atoms with Crippen LogP contribution in [-0.4, -0.2) is 9.03 Å². The number of halogens is 2. The molecule has 136 valence electrons. The van der Waals surface area contributed by atoms with E-state index in [1.807, 2.05) is 37.3 Å². The van der Waals surface area contributed by atoms with Gasteiger partial charge in [0.1, 0.15) is 11.1 Å². The molecule has 0 saturated heterocycles. The van der Waals surface area contributed by atoms with Gasteiger partial charge in [-0.05, 0) is 55.0 Å². The van der Waals surface area contributed by atoms with Crippen LogP contribution in [0.25, 0.3) is 43.7 Å². The van der Waals surface area contributed by atoms with Crippen LogP contribution in [0, 0.1) is 6.92 Å². The number of fused-ring (bicyclic) bond motifs is 9. The predicted molar refractivity (Wildman–Crippen MR) is 117 cm³/mol. The van der Waals surface area contributed by atoms with Gasteiger partial charge in [0.25, 0.3) is 11.1 Å². The van der Waals surface area contributed by atoms with Crippen LogP contribution in [0.4, 0.5) is 0 Å². The van der Waals surface area contributed by atoms with E-state index in [0.29, 0.717) is 21.9 Å². The van der Waals surface area contributed by atoms with Gasteiger partial charge in [0.05, 0.1) is 16.3 Å². The first-order valence-electron chi connectivity index (χ1n) is 8.59. The molecule has 0 spiro atoms. The Hall–Kier alpha value is -2.64. The Morgan fingerprint density at radius 2 is 1.46 bits per heavy atom. The fourth-order valence-corrected chi connectivity index (χ4v) is 5.11. The zero-order chi connectivity index (χ0) is 19.3. The monoisotopic (exact) mass is 496 g/mol. The second-order valence-electron chi connectivity index (χ2n) is 6.93. The molecular formula is C21H10Br2N2O3. The average Bonchev–Trinajstić information content (AvgIpc) is 3.25. The minimum atomic E-state index is -0.338. The lowest BCUT2D eigenvalue weighted by molar-refractivity contribution is 0.670. The summed E-state index contributed by atoms with van der Waals surface area (Å²) >= 11 is 6.94. The number of furan rings is 1. The maximum Gasteiger partial charge on any atom is 0.282 e. The molecule has 3 heterocycles. The predicted octanol–water partition coefficient (Wildman–Crippen LogP) is 5.24. The quantitative estimate of drug-likeness (QED) is 0.288. The van der Waals surface area contributed by atoms with E-state index < -0.39 is 0 Å². The summed E-state index contributed by atoms with van der Waals surface area (Å²) < 4.78 is 10.8. The summed E-state index contributed by atoms with van der Waals surface area (Å²) in [6.07, 6.45) is 0. The third kappa shape index (κ3) is 1.85. The highest BCUT2D eigenvalue weighted by molar-refractivity contribution is 9.10. The van der Waals surface area contributed by atoms with Gasteiger partial charge in [0, 0.05) is 19.7 Å². The van der Waals surface area contributed by atoms with Gasteiger partial charge < -0.3 is 4.42 Å². The van der Waals surface area contributed by atoms with Crippen molar-refractivity contribution in [3.05, 3.63) is 77.7 Å². The summed E-state index contributed by atoms with van der Waals surface area (Å²) in [7, 11) is 0. The minimum absolute atomic E-state index is 0.326. The molecule has 0 radical (unpaired) electrons. The Balaban J connectivity index is 2.00. The van der Waals surface area contributed by atoms with E-state index in [2.05, 4.69) is 31.9 Å². The van der Waals surface area contributed by atoms with E-state index in [-0.39, 0.29) is 11.1 Å². The number of aryl methyl sites for hydroxylation is 1. The molecule has 5 nitrogen and oxygen atoms in total. The van der Waals surface area contributed by atoms with Crippen LogP contribution < -0.4 is 11.1 Å². The van der Waals surface area contributed by atoms with Crippen molar-refractivity contribution in [3.63, 3.8) is 0 Å². The van der Waals surface area contributed by atoms with Gasteiger partial charge in [-0.3, -0.25) is 9.59 Å². The van der Waals surface area contributed by atoms with Crippen LogP contribution in [0.1, 0.15) is 5.56 Å². The highest BCUT2D eigenvalue weighted by Crippen LogP contribution is 2.35. The molecular weight excluding hydrogens is 488 g/mol. The van der Waals surface area contributed by atoms with Crippen molar-refractivity contribution in [1.82, 2.24) is 9.03 Å². The van der Waals surface area contributed by atoms with Crippen molar-refractivity contribution in [2.45, 2.75) is 6.92 Å². The van der Waals surface area contributed by atoms with Crippen LogP contribution in [0.3, 0.4) is 0 Å². The lowest BCUT2D eigenvalue weighted by Crippen LogP contribution is -2.21. The molecule has 0 unspecified atom stereocenters. The van der Waals surface area contributed by atoms with Crippen LogP contribution in [0.5, 0.6) is 0 Å². The average molecular weight is 498 g/mol. The SMILES string of the molecule is Cc1cc(Br)cc2c(=O)n3c(=O)c4ccc5c6cc(Br)ccc6oc5c4n3c12. The highest BCUT2D eigenvalue weighted by atomic mass is 79.9. The molecule has 28 heavy (non-hydrogen) atoms. The minimum Gasteiger partial charge on any atom is -0.454 e. The zero-order valence-electron chi connectivity index (χ0n) is 14.4. The maximum atomic E-state index is 13.1. The molecule has 0 N–H and O–H groups in total. The summed E-state index contributed by atoms with van der Waals surface area (Å²) in [5, 5.41) is 2.82. The van der Waals surface area contributed by atoms with E-state index in [1.165, 1.54) is 4.52 Å². The highest BCUT2D eigenvalue weighted by Gasteiger charge is 2.23. The topological polar surface area (TPSA) is 56.1 Å². The lowest BCUT2D eigenvalue weighted by Gasteiger charge is -2.00. The fourth-order valence-electron chi connectivity index (χ4n) is 4.17. The Kier molecular flexibility index (Phi) is 3.06. The largest absolute Gasteiger partial charge is 0.454 e. The summed E-state index contributed by atoms with van der Waals surface area (Å²) in [4.78, 5) is 26.1. The van der Waals surface area contributed by atoms with E-state index >= 15 is 0 Å². The molecule has 0 aliphatic carbocycles. The standard InChI is InChI=1S/C21H10Br2N2O3/c1-9-6-11(23)8-15-17(9)24-18-13(20(26)25(24)21(15)27)4-3-12-14-7-10(22)2-5-16(14)28-19(12)18/h2-8H,1H3. The summed E-state index contributed by atoms with van der Waals surface area (Å²) in [5.41, 5.74) is 2.90. The molecule has 0 aliphatic heterocycles. The van der Waals surface area contributed by atoms with Crippen LogP contribution in [0.15, 0.2) is 65.4 Å². The van der Waals surface area contributed by atoms with Crippen molar-refractivity contribution in [2.24, 2.45) is 0 Å². The smallest absolute Gasteiger partial charge is 0.282 e.